The van der Waals surface area contributed by atoms with Crippen LogP contribution >= 0.6 is 0 Å². The molecule has 0 spiro atoms. The van der Waals surface area contributed by atoms with Crippen LogP contribution in [0.1, 0.15) is 15.9 Å². The largest absolute Gasteiger partial charge is 0.507 e. The molecule has 4 aromatic carbocycles. The van der Waals surface area contributed by atoms with E-state index in [1.807, 2.05) is 54.6 Å². The summed E-state index contributed by atoms with van der Waals surface area (Å²) in [4.78, 5) is 24.8. The molecule has 0 aromatic heterocycles. The number of fused-ring (bicyclic) bond motifs is 1. The van der Waals surface area contributed by atoms with E-state index in [9.17, 15) is 14.7 Å². The van der Waals surface area contributed by atoms with Gasteiger partial charge in [0.2, 0.25) is 5.91 Å². The molecule has 148 valence electrons. The lowest BCUT2D eigenvalue weighted by Gasteiger charge is -2.09. The molecule has 0 atom stereocenters. The zero-order valence-corrected chi connectivity index (χ0v) is 16.1. The monoisotopic (exact) mass is 396 g/mol. The van der Waals surface area contributed by atoms with Crippen molar-refractivity contribution >= 4 is 34.0 Å². The summed E-state index contributed by atoms with van der Waals surface area (Å²) in [6.45, 7) is 0. The van der Waals surface area contributed by atoms with E-state index < -0.39 is 5.91 Å². The lowest BCUT2D eigenvalue weighted by molar-refractivity contribution is -0.115. The Morgan fingerprint density at radius 1 is 0.700 bits per heavy atom. The van der Waals surface area contributed by atoms with Crippen molar-refractivity contribution in [2.75, 3.05) is 10.6 Å². The van der Waals surface area contributed by atoms with Gasteiger partial charge in [-0.2, -0.15) is 0 Å². The average Bonchev–Trinajstić information content (AvgIpc) is 2.75. The van der Waals surface area contributed by atoms with Gasteiger partial charge in [0.15, 0.2) is 0 Å². The first-order valence-electron chi connectivity index (χ1n) is 9.55. The highest BCUT2D eigenvalue weighted by Gasteiger charge is 2.13. The molecule has 0 radical (unpaired) electrons. The Morgan fingerprint density at radius 3 is 2.00 bits per heavy atom. The third-order valence-electron chi connectivity index (χ3n) is 4.74. The zero-order valence-electron chi connectivity index (χ0n) is 16.1. The van der Waals surface area contributed by atoms with Crippen molar-refractivity contribution in [3.63, 3.8) is 0 Å². The van der Waals surface area contributed by atoms with Crippen LogP contribution in [0.3, 0.4) is 0 Å². The Labute approximate surface area is 174 Å². The lowest BCUT2D eigenvalue weighted by Crippen LogP contribution is -2.14. The molecule has 4 aromatic rings. The summed E-state index contributed by atoms with van der Waals surface area (Å²) in [6, 6.07) is 27.1. The molecular weight excluding hydrogens is 376 g/mol. The van der Waals surface area contributed by atoms with E-state index in [-0.39, 0.29) is 23.6 Å². The van der Waals surface area contributed by atoms with Gasteiger partial charge in [-0.25, -0.2) is 0 Å². The van der Waals surface area contributed by atoms with Crippen LogP contribution in [0.2, 0.25) is 0 Å². The predicted molar refractivity (Wildman–Crippen MR) is 119 cm³/mol. The van der Waals surface area contributed by atoms with Crippen molar-refractivity contribution in [2.45, 2.75) is 6.42 Å². The molecule has 4 rings (SSSR count). The number of phenolic OH excluding ortho intramolecular Hbond substituents is 1. The van der Waals surface area contributed by atoms with Gasteiger partial charge in [-0.05, 0) is 52.7 Å². The minimum Gasteiger partial charge on any atom is -0.507 e. The van der Waals surface area contributed by atoms with Crippen LogP contribution in [-0.2, 0) is 11.2 Å². The summed E-state index contributed by atoms with van der Waals surface area (Å²) in [5.41, 5.74) is 2.37. The number of hydrogen-bond donors (Lipinski definition) is 3. The Bertz CT molecular complexity index is 1200. The number of aromatic hydroxyl groups is 1. The first-order chi connectivity index (χ1) is 14.6. The molecule has 0 saturated carbocycles. The summed E-state index contributed by atoms with van der Waals surface area (Å²) in [5, 5.41) is 17.6. The van der Waals surface area contributed by atoms with Crippen LogP contribution in [0, 0.1) is 0 Å². The summed E-state index contributed by atoms with van der Waals surface area (Å²) in [7, 11) is 0. The first-order valence-corrected chi connectivity index (χ1v) is 9.55. The van der Waals surface area contributed by atoms with Gasteiger partial charge in [0, 0.05) is 11.4 Å². The minimum absolute atomic E-state index is 0.0691. The molecule has 5 heteroatoms. The predicted octanol–water partition coefficient (Wildman–Crippen LogP) is 4.98. The third kappa shape index (κ3) is 4.47. The summed E-state index contributed by atoms with van der Waals surface area (Å²) in [5.74, 6) is -0.577. The molecule has 3 N–H and O–H groups in total. The van der Waals surface area contributed by atoms with E-state index in [1.54, 1.807) is 36.4 Å². The van der Waals surface area contributed by atoms with Crippen molar-refractivity contribution < 1.29 is 14.7 Å². The number of amides is 2. The fraction of sp³-hybridized carbons (Fsp3) is 0.0400. The van der Waals surface area contributed by atoms with E-state index in [2.05, 4.69) is 10.6 Å². The summed E-state index contributed by atoms with van der Waals surface area (Å²) < 4.78 is 0. The molecule has 0 aliphatic heterocycles. The van der Waals surface area contributed by atoms with Crippen molar-refractivity contribution in [3.05, 3.63) is 102 Å². The standard InChI is InChI=1S/C25H20N2O3/c28-23-16-19-7-5-4-6-18(19)15-22(23)25(30)27-21-12-10-17(11-13-21)14-24(29)26-20-8-2-1-3-9-20/h1-13,15-16,28H,14H2,(H,26,29)(H,27,30). The Kier molecular flexibility index (Phi) is 5.44. The second kappa shape index (κ2) is 8.49. The highest BCUT2D eigenvalue weighted by atomic mass is 16.3. The van der Waals surface area contributed by atoms with Gasteiger partial charge in [0.05, 0.1) is 12.0 Å². The molecule has 0 aliphatic carbocycles. The van der Waals surface area contributed by atoms with Crippen LogP contribution in [0.5, 0.6) is 5.75 Å². The van der Waals surface area contributed by atoms with Gasteiger partial charge in [-0.3, -0.25) is 9.59 Å². The highest BCUT2D eigenvalue weighted by molar-refractivity contribution is 6.08. The van der Waals surface area contributed by atoms with Gasteiger partial charge in [0.1, 0.15) is 5.75 Å². The molecule has 0 unspecified atom stereocenters. The topological polar surface area (TPSA) is 78.4 Å². The van der Waals surface area contributed by atoms with E-state index in [0.29, 0.717) is 5.69 Å². The van der Waals surface area contributed by atoms with Crippen LogP contribution in [0.4, 0.5) is 11.4 Å². The molecular formula is C25H20N2O3. The number of hydrogen-bond acceptors (Lipinski definition) is 3. The number of nitrogens with one attached hydrogen (secondary N) is 2. The molecule has 0 heterocycles. The van der Waals surface area contributed by atoms with Crippen molar-refractivity contribution in [1.82, 2.24) is 0 Å². The second-order valence-electron chi connectivity index (χ2n) is 6.96. The zero-order chi connectivity index (χ0) is 20.9. The minimum atomic E-state index is -0.396. The van der Waals surface area contributed by atoms with Gasteiger partial charge < -0.3 is 15.7 Å². The Morgan fingerprint density at radius 2 is 1.30 bits per heavy atom. The van der Waals surface area contributed by atoms with Crippen molar-refractivity contribution in [1.29, 1.82) is 0 Å². The SMILES string of the molecule is O=C(Cc1ccc(NC(=O)c2cc3ccccc3cc2O)cc1)Nc1ccccc1. The number of carbonyl (C=O) groups is 2. The summed E-state index contributed by atoms with van der Waals surface area (Å²) in [6.07, 6.45) is 0.231. The van der Waals surface area contributed by atoms with Crippen LogP contribution in [0.15, 0.2) is 91.0 Å². The molecule has 2 amide bonds. The van der Waals surface area contributed by atoms with E-state index >= 15 is 0 Å². The number of carbonyl (C=O) groups excluding carboxylic acids is 2. The number of para-hydroxylation sites is 1. The molecule has 5 nitrogen and oxygen atoms in total. The molecule has 0 saturated heterocycles. The number of benzene rings is 4. The van der Waals surface area contributed by atoms with Gasteiger partial charge in [0.25, 0.3) is 5.91 Å². The van der Waals surface area contributed by atoms with Crippen LogP contribution in [-0.4, -0.2) is 16.9 Å². The van der Waals surface area contributed by atoms with E-state index in [1.165, 1.54) is 0 Å². The summed E-state index contributed by atoms with van der Waals surface area (Å²) >= 11 is 0. The highest BCUT2D eigenvalue weighted by Crippen LogP contribution is 2.26. The van der Waals surface area contributed by atoms with Gasteiger partial charge in [-0.1, -0.05) is 54.6 Å². The maximum atomic E-state index is 12.6. The average molecular weight is 396 g/mol. The molecule has 0 fully saturated rings. The lowest BCUT2D eigenvalue weighted by atomic mass is 10.1. The Balaban J connectivity index is 1.41. The fourth-order valence-corrected chi connectivity index (χ4v) is 3.23. The normalized spacial score (nSPS) is 10.5. The maximum absolute atomic E-state index is 12.6. The fourth-order valence-electron chi connectivity index (χ4n) is 3.23. The maximum Gasteiger partial charge on any atom is 0.259 e. The second-order valence-corrected chi connectivity index (χ2v) is 6.96. The third-order valence-corrected chi connectivity index (χ3v) is 4.74. The van der Waals surface area contributed by atoms with Crippen LogP contribution in [0.25, 0.3) is 10.8 Å². The van der Waals surface area contributed by atoms with Crippen LogP contribution < -0.4 is 10.6 Å². The number of rotatable bonds is 5. The quantitative estimate of drug-likeness (QED) is 0.445. The smallest absolute Gasteiger partial charge is 0.259 e. The number of phenols is 1. The van der Waals surface area contributed by atoms with Gasteiger partial charge >= 0.3 is 0 Å². The van der Waals surface area contributed by atoms with E-state index in [4.69, 9.17) is 0 Å². The van der Waals surface area contributed by atoms with E-state index in [0.717, 1.165) is 22.0 Å². The molecule has 0 bridgehead atoms. The van der Waals surface area contributed by atoms with Crippen molar-refractivity contribution in [2.24, 2.45) is 0 Å². The molecule has 0 aliphatic rings. The van der Waals surface area contributed by atoms with Crippen molar-refractivity contribution in [3.8, 4) is 5.75 Å². The first kappa shape index (κ1) is 19.2. The number of anilines is 2. The van der Waals surface area contributed by atoms with Gasteiger partial charge in [-0.15, -0.1) is 0 Å². The Hall–Kier alpha value is -4.12. The molecule has 30 heavy (non-hydrogen) atoms.